The Balaban J connectivity index is 1.49. The van der Waals surface area contributed by atoms with Crippen LogP contribution in [0.1, 0.15) is 43.0 Å². The van der Waals surface area contributed by atoms with Crippen LogP contribution in [-0.2, 0) is 40.1 Å². The van der Waals surface area contributed by atoms with E-state index in [0.29, 0.717) is 53.1 Å². The number of methoxy groups -OCH3 is 2. The zero-order valence-electron chi connectivity index (χ0n) is 25.9. The number of hydrogen-bond donors (Lipinski definition) is 0. The summed E-state index contributed by atoms with van der Waals surface area (Å²) < 4.78 is 33.9. The van der Waals surface area contributed by atoms with Gasteiger partial charge in [-0.05, 0) is 84.3 Å². The molecule has 4 aromatic rings. The fraction of sp³-hybridized carbons (Fsp3) is 0.250. The quantitative estimate of drug-likeness (QED) is 0.141. The van der Waals surface area contributed by atoms with Crippen LogP contribution in [-0.4, -0.2) is 32.1 Å². The van der Waals surface area contributed by atoms with Gasteiger partial charge in [0.1, 0.15) is 28.7 Å². The number of esters is 3. The van der Waals surface area contributed by atoms with Crippen LogP contribution < -0.4 is 28.4 Å². The van der Waals surface area contributed by atoms with E-state index in [1.54, 1.807) is 31.4 Å². The summed E-state index contributed by atoms with van der Waals surface area (Å²) in [5, 5.41) is 0. The normalized spacial score (nSPS) is 11.5. The molecule has 0 bridgehead atoms. The summed E-state index contributed by atoms with van der Waals surface area (Å²) in [5.74, 6) is 2.13. The summed E-state index contributed by atoms with van der Waals surface area (Å²) in [4.78, 5) is 35.1. The molecule has 1 aliphatic rings. The van der Waals surface area contributed by atoms with E-state index in [1.165, 1.54) is 27.9 Å². The van der Waals surface area contributed by atoms with Crippen LogP contribution in [0.15, 0.2) is 66.7 Å². The minimum Gasteiger partial charge on any atom is -0.497 e. The van der Waals surface area contributed by atoms with E-state index in [0.717, 1.165) is 46.2 Å². The molecular weight excluding hydrogens is 576 g/mol. The third kappa shape index (κ3) is 7.44. The van der Waals surface area contributed by atoms with Crippen LogP contribution in [0, 0.1) is 0 Å². The smallest absolute Gasteiger partial charge is 0.308 e. The highest BCUT2D eigenvalue weighted by Gasteiger charge is 2.24. The summed E-state index contributed by atoms with van der Waals surface area (Å²) in [7, 11) is 3.11. The Bertz CT molecular complexity index is 1770. The van der Waals surface area contributed by atoms with Crippen molar-refractivity contribution in [2.45, 2.75) is 46.5 Å². The molecule has 9 nitrogen and oxygen atoms in total. The van der Waals surface area contributed by atoms with Gasteiger partial charge in [-0.1, -0.05) is 18.2 Å². The summed E-state index contributed by atoms with van der Waals surface area (Å²) in [6.07, 6.45) is 2.58. The first-order valence-electron chi connectivity index (χ1n) is 14.5. The molecule has 0 atom stereocenters. The van der Waals surface area contributed by atoms with E-state index < -0.39 is 17.9 Å². The second-order valence-electron chi connectivity index (χ2n) is 10.6. The highest BCUT2D eigenvalue weighted by molar-refractivity contribution is 5.83. The van der Waals surface area contributed by atoms with E-state index in [2.05, 4.69) is 0 Å². The Morgan fingerprint density at radius 1 is 0.622 bits per heavy atom. The number of hydrogen-bond acceptors (Lipinski definition) is 9. The Kier molecular flexibility index (Phi) is 9.37. The lowest BCUT2D eigenvalue weighted by molar-refractivity contribution is -0.132. The largest absolute Gasteiger partial charge is 0.497 e. The molecule has 9 heteroatoms. The van der Waals surface area contributed by atoms with Gasteiger partial charge in [0.2, 0.25) is 0 Å². The number of ether oxygens (including phenoxy) is 6. The maximum atomic E-state index is 11.9. The Labute approximate surface area is 261 Å². The molecule has 0 fully saturated rings. The van der Waals surface area contributed by atoms with Crippen LogP contribution in [0.5, 0.6) is 40.2 Å². The lowest BCUT2D eigenvalue weighted by Gasteiger charge is -2.24. The van der Waals surface area contributed by atoms with E-state index in [1.807, 2.05) is 42.5 Å². The minimum atomic E-state index is -0.452. The first-order valence-corrected chi connectivity index (χ1v) is 14.5. The maximum absolute atomic E-state index is 11.9. The van der Waals surface area contributed by atoms with Crippen molar-refractivity contribution in [3.05, 3.63) is 89.0 Å². The summed E-state index contributed by atoms with van der Waals surface area (Å²) in [6, 6.07) is 20.2. The molecule has 0 aliphatic heterocycles. The number of rotatable bonds is 10. The molecule has 0 heterocycles. The number of carbonyl (C=O) groups is 3. The number of aryl methyl sites for hydroxylation is 4. The van der Waals surface area contributed by atoms with Gasteiger partial charge < -0.3 is 28.4 Å². The van der Waals surface area contributed by atoms with Crippen LogP contribution in [0.3, 0.4) is 0 Å². The molecule has 4 aromatic carbocycles. The first kappa shape index (κ1) is 31.1. The van der Waals surface area contributed by atoms with Crippen molar-refractivity contribution < 1.29 is 42.8 Å². The van der Waals surface area contributed by atoms with Crippen molar-refractivity contribution in [2.24, 2.45) is 0 Å². The molecule has 232 valence electrons. The standard InChI is InChI=1S/C36H34O9/c1-21(37)42-28-8-6-7-24(15-28)9-10-27-18-31(43-22(2)38)20-34(41-5)36(27)45-29-13-14-32-25(16-29)11-12-26-17-30(40-4)19-33(35(26)32)44-23(3)39/h6-8,13-20H,9-12H2,1-5H3. The second kappa shape index (κ2) is 13.5. The average molecular weight is 611 g/mol. The molecule has 0 N–H and O–H groups in total. The van der Waals surface area contributed by atoms with E-state index in [4.69, 9.17) is 28.4 Å². The Morgan fingerprint density at radius 2 is 1.31 bits per heavy atom. The Morgan fingerprint density at radius 3 is 2.02 bits per heavy atom. The van der Waals surface area contributed by atoms with Gasteiger partial charge in [0.15, 0.2) is 11.5 Å². The number of carbonyl (C=O) groups excluding carboxylic acids is 3. The van der Waals surface area contributed by atoms with Gasteiger partial charge in [-0.15, -0.1) is 0 Å². The molecule has 0 unspecified atom stereocenters. The van der Waals surface area contributed by atoms with Gasteiger partial charge in [0.25, 0.3) is 0 Å². The van der Waals surface area contributed by atoms with Gasteiger partial charge in [-0.25, -0.2) is 0 Å². The zero-order chi connectivity index (χ0) is 32.1. The predicted molar refractivity (Wildman–Crippen MR) is 167 cm³/mol. The van der Waals surface area contributed by atoms with Crippen molar-refractivity contribution >= 4 is 17.9 Å². The van der Waals surface area contributed by atoms with Crippen LogP contribution >= 0.6 is 0 Å². The molecule has 0 amide bonds. The molecule has 0 spiro atoms. The summed E-state index contributed by atoms with van der Waals surface area (Å²) in [5.41, 5.74) is 5.60. The van der Waals surface area contributed by atoms with E-state index >= 15 is 0 Å². The van der Waals surface area contributed by atoms with Crippen molar-refractivity contribution in [3.8, 4) is 51.4 Å². The first-order chi connectivity index (χ1) is 21.6. The molecule has 5 rings (SSSR count). The highest BCUT2D eigenvalue weighted by Crippen LogP contribution is 2.45. The van der Waals surface area contributed by atoms with Crippen LogP contribution in [0.4, 0.5) is 0 Å². The SMILES string of the molecule is COc1cc2c(c(OC(C)=O)c1)-c1ccc(Oc3c(CCc4cccc(OC(C)=O)c4)cc(OC(C)=O)cc3OC)cc1CC2. The van der Waals surface area contributed by atoms with Gasteiger partial charge >= 0.3 is 17.9 Å². The number of fused-ring (bicyclic) bond motifs is 3. The molecular formula is C36H34O9. The molecule has 1 aliphatic carbocycles. The van der Waals surface area contributed by atoms with Gasteiger partial charge in [0, 0.05) is 44.0 Å². The van der Waals surface area contributed by atoms with Crippen molar-refractivity contribution in [3.63, 3.8) is 0 Å². The van der Waals surface area contributed by atoms with Crippen LogP contribution in [0.2, 0.25) is 0 Å². The minimum absolute atomic E-state index is 0.339. The van der Waals surface area contributed by atoms with Gasteiger partial charge in [-0.2, -0.15) is 0 Å². The highest BCUT2D eigenvalue weighted by atomic mass is 16.5. The van der Waals surface area contributed by atoms with Gasteiger partial charge in [0.05, 0.1) is 14.2 Å². The molecule has 45 heavy (non-hydrogen) atoms. The van der Waals surface area contributed by atoms with Crippen LogP contribution in [0.25, 0.3) is 11.1 Å². The zero-order valence-corrected chi connectivity index (χ0v) is 25.9. The lowest BCUT2D eigenvalue weighted by Crippen LogP contribution is -2.09. The summed E-state index contributed by atoms with van der Waals surface area (Å²) in [6.45, 7) is 4.07. The van der Waals surface area contributed by atoms with Crippen molar-refractivity contribution in [1.29, 1.82) is 0 Å². The summed E-state index contributed by atoms with van der Waals surface area (Å²) >= 11 is 0. The monoisotopic (exact) mass is 610 g/mol. The third-order valence-electron chi connectivity index (χ3n) is 7.31. The predicted octanol–water partition coefficient (Wildman–Crippen LogP) is 6.82. The molecule has 0 radical (unpaired) electrons. The lowest BCUT2D eigenvalue weighted by atomic mass is 9.84. The number of benzene rings is 4. The molecule has 0 saturated carbocycles. The maximum Gasteiger partial charge on any atom is 0.308 e. The third-order valence-corrected chi connectivity index (χ3v) is 7.31. The second-order valence-corrected chi connectivity index (χ2v) is 10.6. The average Bonchev–Trinajstić information content (AvgIpc) is 2.99. The Hall–Kier alpha value is -5.31. The fourth-order valence-corrected chi connectivity index (χ4v) is 5.49. The van der Waals surface area contributed by atoms with E-state index in [9.17, 15) is 14.4 Å². The molecule has 0 saturated heterocycles. The van der Waals surface area contributed by atoms with E-state index in [-0.39, 0.29) is 0 Å². The topological polar surface area (TPSA) is 107 Å². The fourth-order valence-electron chi connectivity index (χ4n) is 5.49. The van der Waals surface area contributed by atoms with Crippen molar-refractivity contribution in [1.82, 2.24) is 0 Å². The van der Waals surface area contributed by atoms with Gasteiger partial charge in [-0.3, -0.25) is 14.4 Å². The van der Waals surface area contributed by atoms with Crippen molar-refractivity contribution in [2.75, 3.05) is 14.2 Å². The molecule has 0 aromatic heterocycles.